The number of alkyl halides is 3. The van der Waals surface area contributed by atoms with Crippen LogP contribution in [0.5, 0.6) is 0 Å². The van der Waals surface area contributed by atoms with Crippen molar-refractivity contribution in [2.45, 2.75) is 19.6 Å². The second kappa shape index (κ2) is 8.02. The van der Waals surface area contributed by atoms with Gasteiger partial charge in [-0.2, -0.15) is 13.2 Å². The molecule has 0 heterocycles. The van der Waals surface area contributed by atoms with Crippen molar-refractivity contribution in [3.63, 3.8) is 0 Å². The van der Waals surface area contributed by atoms with Crippen LogP contribution in [0.3, 0.4) is 0 Å². The molecule has 0 aliphatic rings. The molecule has 2 aromatic rings. The quantitative estimate of drug-likeness (QED) is 0.355. The van der Waals surface area contributed by atoms with E-state index in [2.05, 4.69) is 0 Å². The number of nitro benzene ring substituents is 1. The van der Waals surface area contributed by atoms with Crippen molar-refractivity contribution < 1.29 is 22.9 Å². The van der Waals surface area contributed by atoms with Gasteiger partial charge >= 0.3 is 6.18 Å². The first kappa shape index (κ1) is 20.1. The highest BCUT2D eigenvalue weighted by molar-refractivity contribution is 14.1. The van der Waals surface area contributed by atoms with Gasteiger partial charge in [-0.25, -0.2) is 0 Å². The molecule has 138 valence electrons. The lowest BCUT2D eigenvalue weighted by Crippen LogP contribution is -2.39. The third kappa shape index (κ3) is 4.93. The van der Waals surface area contributed by atoms with Gasteiger partial charge in [-0.15, -0.1) is 0 Å². The van der Waals surface area contributed by atoms with Gasteiger partial charge in [0, 0.05) is 15.2 Å². The van der Waals surface area contributed by atoms with Gasteiger partial charge in [0.25, 0.3) is 11.6 Å². The molecule has 2 aromatic carbocycles. The summed E-state index contributed by atoms with van der Waals surface area (Å²) in [4.78, 5) is 23.7. The number of halogens is 4. The molecule has 0 aliphatic heterocycles. The van der Waals surface area contributed by atoms with Crippen molar-refractivity contribution in [2.75, 3.05) is 6.54 Å². The maximum absolute atomic E-state index is 13.0. The minimum absolute atomic E-state index is 0.0396. The Kier molecular flexibility index (Phi) is 6.21. The van der Waals surface area contributed by atoms with E-state index in [-0.39, 0.29) is 16.8 Å². The smallest absolute Gasteiger partial charge is 0.325 e. The van der Waals surface area contributed by atoms with E-state index in [0.717, 1.165) is 5.56 Å². The first-order chi connectivity index (χ1) is 12.1. The Morgan fingerprint density at radius 3 is 2.46 bits per heavy atom. The lowest BCUT2D eigenvalue weighted by Gasteiger charge is -2.25. The largest absolute Gasteiger partial charge is 0.406 e. The van der Waals surface area contributed by atoms with Crippen LogP contribution < -0.4 is 0 Å². The summed E-state index contributed by atoms with van der Waals surface area (Å²) in [6.45, 7) is -0.268. The molecule has 0 N–H and O–H groups in total. The number of hydrogen-bond acceptors (Lipinski definition) is 3. The van der Waals surface area contributed by atoms with Crippen molar-refractivity contribution in [1.29, 1.82) is 0 Å². The topological polar surface area (TPSA) is 63.5 Å². The van der Waals surface area contributed by atoms with Crippen LogP contribution in [0.4, 0.5) is 18.9 Å². The van der Waals surface area contributed by atoms with Gasteiger partial charge in [-0.3, -0.25) is 14.9 Å². The highest BCUT2D eigenvalue weighted by Gasteiger charge is 2.34. The first-order valence-electron chi connectivity index (χ1n) is 7.43. The molecule has 26 heavy (non-hydrogen) atoms. The predicted octanol–water partition coefficient (Wildman–Crippen LogP) is 4.71. The number of para-hydroxylation sites is 1. The normalized spacial score (nSPS) is 11.3. The Hall–Kier alpha value is -2.17. The molecular weight excluding hydrogens is 464 g/mol. The monoisotopic (exact) mass is 478 g/mol. The summed E-state index contributed by atoms with van der Waals surface area (Å²) in [5.74, 6) is -0.825. The van der Waals surface area contributed by atoms with Crippen LogP contribution in [0, 0.1) is 20.6 Å². The van der Waals surface area contributed by atoms with Gasteiger partial charge < -0.3 is 4.90 Å². The van der Waals surface area contributed by atoms with Gasteiger partial charge in [0.05, 0.1) is 17.0 Å². The zero-order valence-corrected chi connectivity index (χ0v) is 15.7. The number of nitrogens with zero attached hydrogens (tertiary/aromatic N) is 2. The molecule has 0 fully saturated rings. The summed E-state index contributed by atoms with van der Waals surface area (Å²) in [5, 5.41) is 11.1. The van der Waals surface area contributed by atoms with Gasteiger partial charge in [-0.05, 0) is 41.1 Å². The summed E-state index contributed by atoms with van der Waals surface area (Å²) >= 11 is 1.90. The third-order valence-electron chi connectivity index (χ3n) is 3.63. The van der Waals surface area contributed by atoms with E-state index in [1.54, 1.807) is 19.1 Å². The molecular formula is C17H14F3IN2O3. The summed E-state index contributed by atoms with van der Waals surface area (Å²) in [6.07, 6.45) is -4.63. The van der Waals surface area contributed by atoms with Crippen LogP contribution in [0.15, 0.2) is 42.5 Å². The van der Waals surface area contributed by atoms with Crippen molar-refractivity contribution in [3.05, 3.63) is 72.8 Å². The van der Waals surface area contributed by atoms with Gasteiger partial charge in [0.15, 0.2) is 0 Å². The zero-order chi connectivity index (χ0) is 19.5. The molecule has 0 saturated carbocycles. The predicted molar refractivity (Wildman–Crippen MR) is 97.8 cm³/mol. The lowest BCUT2D eigenvalue weighted by atomic mass is 10.1. The van der Waals surface area contributed by atoms with Crippen LogP contribution in [-0.4, -0.2) is 28.5 Å². The van der Waals surface area contributed by atoms with E-state index in [1.165, 1.54) is 30.3 Å². The lowest BCUT2D eigenvalue weighted by molar-refractivity contribution is -0.385. The average molecular weight is 478 g/mol. The van der Waals surface area contributed by atoms with Crippen LogP contribution in [-0.2, 0) is 6.54 Å². The molecule has 1 amide bonds. The molecule has 0 unspecified atom stereocenters. The Labute approximate surface area is 161 Å². The molecule has 0 radical (unpaired) electrons. The van der Waals surface area contributed by atoms with Gasteiger partial charge in [0.1, 0.15) is 6.54 Å². The number of carbonyl (C=O) groups is 1. The minimum atomic E-state index is -4.63. The number of hydrogen-bond donors (Lipinski definition) is 0. The number of nitro groups is 1. The number of benzene rings is 2. The second-order valence-electron chi connectivity index (χ2n) is 5.60. The van der Waals surface area contributed by atoms with Crippen molar-refractivity contribution in [1.82, 2.24) is 4.90 Å². The Morgan fingerprint density at radius 2 is 1.85 bits per heavy atom. The van der Waals surface area contributed by atoms with Gasteiger partial charge in [-0.1, -0.05) is 30.3 Å². The molecule has 0 saturated heterocycles. The molecule has 5 nitrogen and oxygen atoms in total. The van der Waals surface area contributed by atoms with Gasteiger partial charge in [0.2, 0.25) is 0 Å². The van der Waals surface area contributed by atoms with E-state index in [9.17, 15) is 28.1 Å². The highest BCUT2D eigenvalue weighted by atomic mass is 127. The molecule has 0 aromatic heterocycles. The Morgan fingerprint density at radius 1 is 1.19 bits per heavy atom. The summed E-state index contributed by atoms with van der Waals surface area (Å²) in [6, 6.07) is 10.2. The zero-order valence-electron chi connectivity index (χ0n) is 13.6. The molecule has 0 aliphatic carbocycles. The number of carbonyl (C=O) groups excluding carboxylic acids is 1. The molecule has 0 bridgehead atoms. The Bertz CT molecular complexity index is 840. The minimum Gasteiger partial charge on any atom is -0.325 e. The summed E-state index contributed by atoms with van der Waals surface area (Å²) in [7, 11) is 0. The third-order valence-corrected chi connectivity index (χ3v) is 5.06. The van der Waals surface area contributed by atoms with Crippen molar-refractivity contribution in [2.24, 2.45) is 0 Å². The molecule has 0 atom stereocenters. The number of aryl methyl sites for hydroxylation is 1. The number of amides is 1. The molecule has 2 rings (SSSR count). The SMILES string of the molecule is Cc1cccc(C(=O)N(Cc2ccccc2[N+](=O)[O-])CC(F)(F)F)c1I. The highest BCUT2D eigenvalue weighted by Crippen LogP contribution is 2.26. The number of rotatable bonds is 5. The van der Waals surface area contributed by atoms with E-state index in [0.29, 0.717) is 8.47 Å². The maximum Gasteiger partial charge on any atom is 0.406 e. The summed E-state index contributed by atoms with van der Waals surface area (Å²) in [5.41, 5.74) is 0.603. The maximum atomic E-state index is 13.0. The molecule has 9 heteroatoms. The van der Waals surface area contributed by atoms with Crippen LogP contribution >= 0.6 is 22.6 Å². The van der Waals surface area contributed by atoms with Crippen molar-refractivity contribution >= 4 is 34.2 Å². The molecule has 0 spiro atoms. The summed E-state index contributed by atoms with van der Waals surface area (Å²) < 4.78 is 39.5. The van der Waals surface area contributed by atoms with E-state index < -0.39 is 30.1 Å². The second-order valence-corrected chi connectivity index (χ2v) is 6.68. The van der Waals surface area contributed by atoms with E-state index in [1.807, 2.05) is 22.6 Å². The fraction of sp³-hybridized carbons (Fsp3) is 0.235. The average Bonchev–Trinajstić information content (AvgIpc) is 2.55. The van der Waals surface area contributed by atoms with E-state index >= 15 is 0 Å². The van der Waals surface area contributed by atoms with E-state index in [4.69, 9.17) is 0 Å². The van der Waals surface area contributed by atoms with Crippen molar-refractivity contribution in [3.8, 4) is 0 Å². The fourth-order valence-corrected chi connectivity index (χ4v) is 3.02. The van der Waals surface area contributed by atoms with Crippen LogP contribution in [0.2, 0.25) is 0 Å². The fourth-order valence-electron chi connectivity index (χ4n) is 2.43. The van der Waals surface area contributed by atoms with Crippen LogP contribution in [0.1, 0.15) is 21.5 Å². The Balaban J connectivity index is 2.43. The standard InChI is InChI=1S/C17H14F3IN2O3/c1-11-5-4-7-13(15(11)21)16(24)22(10-17(18,19)20)9-12-6-2-3-8-14(12)23(25)26/h2-8H,9-10H2,1H3. The van der Waals surface area contributed by atoms with Crippen LogP contribution in [0.25, 0.3) is 0 Å². The first-order valence-corrected chi connectivity index (χ1v) is 8.51.